The number of carbonyl (C=O) groups is 1. The van der Waals surface area contributed by atoms with Crippen LogP contribution < -0.4 is 10.5 Å². The van der Waals surface area contributed by atoms with Crippen LogP contribution in [0.15, 0.2) is 42.5 Å². The zero-order chi connectivity index (χ0) is 13.1. The van der Waals surface area contributed by atoms with Crippen LogP contribution in [0.5, 0.6) is 11.5 Å². The Balaban J connectivity index is 2.37. The van der Waals surface area contributed by atoms with Crippen molar-refractivity contribution in [3.05, 3.63) is 53.6 Å². The highest BCUT2D eigenvalue weighted by molar-refractivity contribution is 6.10. The third-order valence-corrected chi connectivity index (χ3v) is 2.62. The molecule has 0 aliphatic heterocycles. The number of aromatic hydroxyl groups is 1. The number of carbonyl (C=O) groups excluding carboxylic acids is 1. The van der Waals surface area contributed by atoms with Crippen molar-refractivity contribution in [1.29, 1.82) is 0 Å². The maximum absolute atomic E-state index is 12.1. The number of nitrogen functional groups attached to an aromatic ring is 1. The summed E-state index contributed by atoms with van der Waals surface area (Å²) < 4.78 is 4.96. The summed E-state index contributed by atoms with van der Waals surface area (Å²) >= 11 is 0. The van der Waals surface area contributed by atoms with Crippen molar-refractivity contribution in [2.45, 2.75) is 0 Å². The molecular formula is C14H13NO3. The molecule has 2 aromatic carbocycles. The first-order valence-corrected chi connectivity index (χ1v) is 5.39. The summed E-state index contributed by atoms with van der Waals surface area (Å²) in [4.78, 5) is 12.1. The van der Waals surface area contributed by atoms with E-state index < -0.39 is 0 Å². The molecule has 0 unspecified atom stereocenters. The lowest BCUT2D eigenvalue weighted by atomic mass is 10.0. The standard InChI is InChI=1S/C14H13NO3/c1-18-11-6-7-12(13(16)8-11)14(17)9-2-4-10(15)5-3-9/h2-8,16H,15H2,1H3. The fraction of sp³-hybridized carbons (Fsp3) is 0.0714. The highest BCUT2D eigenvalue weighted by atomic mass is 16.5. The molecule has 0 amide bonds. The van der Waals surface area contributed by atoms with Gasteiger partial charge in [0, 0.05) is 17.3 Å². The molecule has 0 spiro atoms. The summed E-state index contributed by atoms with van der Waals surface area (Å²) in [5, 5.41) is 9.78. The molecule has 4 nitrogen and oxygen atoms in total. The van der Waals surface area contributed by atoms with Gasteiger partial charge >= 0.3 is 0 Å². The molecule has 92 valence electrons. The number of hydrogen-bond donors (Lipinski definition) is 2. The molecule has 0 saturated heterocycles. The molecule has 3 N–H and O–H groups in total. The Bertz CT molecular complexity index is 576. The first-order chi connectivity index (χ1) is 8.61. The van der Waals surface area contributed by atoms with Crippen LogP contribution in [0.1, 0.15) is 15.9 Å². The Hall–Kier alpha value is -2.49. The molecule has 2 rings (SSSR count). The third-order valence-electron chi connectivity index (χ3n) is 2.62. The normalized spacial score (nSPS) is 10.1. The molecule has 0 radical (unpaired) electrons. The highest BCUT2D eigenvalue weighted by Crippen LogP contribution is 2.25. The SMILES string of the molecule is COc1ccc(C(=O)c2ccc(N)cc2)c(O)c1. The first-order valence-electron chi connectivity index (χ1n) is 5.39. The molecule has 0 aliphatic carbocycles. The summed E-state index contributed by atoms with van der Waals surface area (Å²) in [5.74, 6) is 0.146. The second-order valence-corrected chi connectivity index (χ2v) is 3.83. The van der Waals surface area contributed by atoms with Gasteiger partial charge in [0.05, 0.1) is 12.7 Å². The smallest absolute Gasteiger partial charge is 0.196 e. The highest BCUT2D eigenvalue weighted by Gasteiger charge is 2.13. The van der Waals surface area contributed by atoms with Crippen molar-refractivity contribution in [2.24, 2.45) is 0 Å². The zero-order valence-electron chi connectivity index (χ0n) is 9.88. The van der Waals surface area contributed by atoms with E-state index in [0.717, 1.165) is 0 Å². The van der Waals surface area contributed by atoms with Gasteiger partial charge in [-0.25, -0.2) is 0 Å². The van der Waals surface area contributed by atoms with Gasteiger partial charge in [0.15, 0.2) is 5.78 Å². The van der Waals surface area contributed by atoms with Crippen LogP contribution in [0.3, 0.4) is 0 Å². The summed E-state index contributed by atoms with van der Waals surface area (Å²) in [6, 6.07) is 11.1. The van der Waals surface area contributed by atoms with Crippen LogP contribution in [0, 0.1) is 0 Å². The summed E-state index contributed by atoms with van der Waals surface area (Å²) in [6.07, 6.45) is 0. The number of benzene rings is 2. The first kappa shape index (κ1) is 12.0. The number of nitrogens with two attached hydrogens (primary N) is 1. The Morgan fingerprint density at radius 1 is 1.17 bits per heavy atom. The summed E-state index contributed by atoms with van der Waals surface area (Å²) in [5.41, 5.74) is 6.86. The van der Waals surface area contributed by atoms with E-state index in [9.17, 15) is 9.90 Å². The van der Waals surface area contributed by atoms with Crippen LogP contribution in [0.2, 0.25) is 0 Å². The number of rotatable bonds is 3. The maximum Gasteiger partial charge on any atom is 0.196 e. The van der Waals surface area contributed by atoms with E-state index in [1.807, 2.05) is 0 Å². The molecular weight excluding hydrogens is 230 g/mol. The van der Waals surface area contributed by atoms with Crippen molar-refractivity contribution in [1.82, 2.24) is 0 Å². The van der Waals surface area contributed by atoms with E-state index >= 15 is 0 Å². The monoisotopic (exact) mass is 243 g/mol. The van der Waals surface area contributed by atoms with E-state index in [4.69, 9.17) is 10.5 Å². The molecule has 0 aliphatic rings. The predicted molar refractivity (Wildman–Crippen MR) is 68.9 cm³/mol. The Kier molecular flexibility index (Phi) is 3.19. The lowest BCUT2D eigenvalue weighted by molar-refractivity contribution is 0.103. The van der Waals surface area contributed by atoms with Crippen LogP contribution in [0.25, 0.3) is 0 Å². The summed E-state index contributed by atoms with van der Waals surface area (Å²) in [6.45, 7) is 0. The average Bonchev–Trinajstić information content (AvgIpc) is 2.38. The van der Waals surface area contributed by atoms with E-state index in [1.54, 1.807) is 30.3 Å². The second-order valence-electron chi connectivity index (χ2n) is 3.83. The Labute approximate surface area is 105 Å². The van der Waals surface area contributed by atoms with Gasteiger partial charge in [0.1, 0.15) is 11.5 Å². The van der Waals surface area contributed by atoms with Crippen LogP contribution in [-0.2, 0) is 0 Å². The molecule has 0 atom stereocenters. The van der Waals surface area contributed by atoms with E-state index in [0.29, 0.717) is 17.0 Å². The molecule has 4 heteroatoms. The van der Waals surface area contributed by atoms with Gasteiger partial charge in [-0.3, -0.25) is 4.79 Å². The quantitative estimate of drug-likeness (QED) is 0.640. The van der Waals surface area contributed by atoms with Gasteiger partial charge in [-0.1, -0.05) is 0 Å². The van der Waals surface area contributed by atoms with Crippen molar-refractivity contribution in [3.63, 3.8) is 0 Å². The van der Waals surface area contributed by atoms with E-state index in [2.05, 4.69) is 0 Å². The van der Waals surface area contributed by atoms with Gasteiger partial charge < -0.3 is 15.6 Å². The van der Waals surface area contributed by atoms with Gasteiger partial charge in [-0.15, -0.1) is 0 Å². The zero-order valence-corrected chi connectivity index (χ0v) is 9.88. The number of ketones is 1. The Morgan fingerprint density at radius 3 is 2.39 bits per heavy atom. The molecule has 2 aromatic rings. The predicted octanol–water partition coefficient (Wildman–Crippen LogP) is 2.21. The van der Waals surface area contributed by atoms with Crippen molar-refractivity contribution in [3.8, 4) is 11.5 Å². The molecule has 0 fully saturated rings. The number of ether oxygens (including phenoxy) is 1. The van der Waals surface area contributed by atoms with Crippen molar-refractivity contribution in [2.75, 3.05) is 12.8 Å². The lowest BCUT2D eigenvalue weighted by Crippen LogP contribution is -2.02. The molecule has 0 saturated carbocycles. The minimum atomic E-state index is -0.254. The second kappa shape index (κ2) is 4.79. The van der Waals surface area contributed by atoms with Crippen molar-refractivity contribution >= 4 is 11.5 Å². The average molecular weight is 243 g/mol. The van der Waals surface area contributed by atoms with Gasteiger partial charge in [0.25, 0.3) is 0 Å². The van der Waals surface area contributed by atoms with E-state index in [1.165, 1.54) is 19.2 Å². The maximum atomic E-state index is 12.1. The van der Waals surface area contributed by atoms with Crippen LogP contribution in [-0.4, -0.2) is 18.0 Å². The summed E-state index contributed by atoms with van der Waals surface area (Å²) in [7, 11) is 1.50. The van der Waals surface area contributed by atoms with Crippen molar-refractivity contribution < 1.29 is 14.6 Å². The third kappa shape index (κ3) is 2.27. The minimum absolute atomic E-state index is 0.101. The van der Waals surface area contributed by atoms with Crippen LogP contribution in [0.4, 0.5) is 5.69 Å². The number of phenols is 1. The fourth-order valence-corrected chi connectivity index (χ4v) is 1.62. The van der Waals surface area contributed by atoms with Gasteiger partial charge in [-0.05, 0) is 36.4 Å². The molecule has 18 heavy (non-hydrogen) atoms. The van der Waals surface area contributed by atoms with Crippen LogP contribution >= 0.6 is 0 Å². The number of hydrogen-bond acceptors (Lipinski definition) is 4. The number of phenolic OH excluding ortho intramolecular Hbond substituents is 1. The number of methoxy groups -OCH3 is 1. The topological polar surface area (TPSA) is 72.5 Å². The Morgan fingerprint density at radius 2 is 1.83 bits per heavy atom. The molecule has 0 heterocycles. The minimum Gasteiger partial charge on any atom is -0.507 e. The van der Waals surface area contributed by atoms with Gasteiger partial charge in [0.2, 0.25) is 0 Å². The van der Waals surface area contributed by atoms with E-state index in [-0.39, 0.29) is 17.1 Å². The molecule has 0 bridgehead atoms. The lowest BCUT2D eigenvalue weighted by Gasteiger charge is -2.06. The van der Waals surface area contributed by atoms with Gasteiger partial charge in [-0.2, -0.15) is 0 Å². The fourth-order valence-electron chi connectivity index (χ4n) is 1.62. The number of anilines is 1. The molecule has 0 aromatic heterocycles. The largest absolute Gasteiger partial charge is 0.507 e.